The van der Waals surface area contributed by atoms with Crippen LogP contribution in [0.5, 0.6) is 0 Å². The van der Waals surface area contributed by atoms with Gasteiger partial charge in [-0.05, 0) is 38.6 Å². The lowest BCUT2D eigenvalue weighted by atomic mass is 10.1. The Balaban J connectivity index is 2.06. The summed E-state index contributed by atoms with van der Waals surface area (Å²) >= 11 is 0. The van der Waals surface area contributed by atoms with Crippen molar-refractivity contribution in [2.24, 2.45) is 11.5 Å². The van der Waals surface area contributed by atoms with Crippen LogP contribution in [0, 0.1) is 0 Å². The summed E-state index contributed by atoms with van der Waals surface area (Å²) < 4.78 is 0. The summed E-state index contributed by atoms with van der Waals surface area (Å²) in [4.78, 5) is 73.4. The fourth-order valence-corrected chi connectivity index (χ4v) is 3.89. The molecule has 0 aromatic heterocycles. The van der Waals surface area contributed by atoms with E-state index >= 15 is 0 Å². The first-order valence-corrected chi connectivity index (χ1v) is 10.5. The van der Waals surface area contributed by atoms with Crippen LogP contribution < -0.4 is 27.4 Å². The maximum atomic E-state index is 12.9. The highest BCUT2D eigenvalue weighted by Gasteiger charge is 2.39. The van der Waals surface area contributed by atoms with Crippen molar-refractivity contribution >= 4 is 35.5 Å². The molecule has 2 fully saturated rings. The summed E-state index contributed by atoms with van der Waals surface area (Å²) in [6.45, 7) is 1.12. The van der Waals surface area contributed by atoms with Crippen LogP contribution in [0.4, 0.5) is 0 Å². The second kappa shape index (κ2) is 11.4. The van der Waals surface area contributed by atoms with Gasteiger partial charge in [0.15, 0.2) is 0 Å². The maximum Gasteiger partial charge on any atom is 0.326 e. The number of carboxylic acid groups (broad SMARTS) is 1. The van der Waals surface area contributed by atoms with Crippen LogP contribution in [-0.4, -0.2) is 82.8 Å². The van der Waals surface area contributed by atoms with Gasteiger partial charge in [-0.1, -0.05) is 0 Å². The van der Waals surface area contributed by atoms with Gasteiger partial charge in [-0.2, -0.15) is 0 Å². The highest BCUT2D eigenvalue weighted by atomic mass is 16.4. The van der Waals surface area contributed by atoms with Gasteiger partial charge in [-0.3, -0.25) is 24.0 Å². The minimum absolute atomic E-state index is 0.187. The number of primary amides is 2. The Kier molecular flexibility index (Phi) is 8.93. The molecular weight excluding hydrogens is 424 g/mol. The van der Waals surface area contributed by atoms with Gasteiger partial charge >= 0.3 is 5.97 Å². The van der Waals surface area contributed by atoms with Gasteiger partial charge < -0.3 is 37.4 Å². The lowest BCUT2D eigenvalue weighted by Crippen LogP contribution is -2.57. The van der Waals surface area contributed by atoms with Crippen molar-refractivity contribution in [1.29, 1.82) is 0 Å². The molecule has 13 heteroatoms. The molecule has 178 valence electrons. The predicted octanol–water partition coefficient (Wildman–Crippen LogP) is -3.08. The van der Waals surface area contributed by atoms with E-state index in [2.05, 4.69) is 16.0 Å². The molecule has 4 atom stereocenters. The van der Waals surface area contributed by atoms with E-state index in [1.54, 1.807) is 0 Å². The van der Waals surface area contributed by atoms with Gasteiger partial charge in [0.05, 0.1) is 12.5 Å². The normalized spacial score (nSPS) is 22.1. The van der Waals surface area contributed by atoms with Gasteiger partial charge in [0, 0.05) is 13.0 Å². The first kappa shape index (κ1) is 25.0. The number of carbonyl (C=O) groups excluding carboxylic acids is 5. The lowest BCUT2D eigenvalue weighted by Gasteiger charge is -2.28. The highest BCUT2D eigenvalue weighted by molar-refractivity contribution is 5.96. The zero-order chi connectivity index (χ0) is 23.8. The summed E-state index contributed by atoms with van der Waals surface area (Å²) in [6, 6.07) is -4.04. The molecule has 2 aliphatic rings. The second-order valence-corrected chi connectivity index (χ2v) is 7.97. The number of likely N-dealkylation sites (tertiary alicyclic amines) is 1. The number of aliphatic carboxylic acids is 1. The van der Waals surface area contributed by atoms with E-state index in [9.17, 15) is 33.9 Å². The Bertz CT molecular complexity index is 767. The zero-order valence-electron chi connectivity index (χ0n) is 17.7. The molecule has 8 N–H and O–H groups in total. The summed E-state index contributed by atoms with van der Waals surface area (Å²) in [6.07, 6.45) is 1.44. The van der Waals surface area contributed by atoms with E-state index in [1.807, 2.05) is 0 Å². The molecule has 0 spiro atoms. The Morgan fingerprint density at radius 2 is 1.72 bits per heavy atom. The first-order chi connectivity index (χ1) is 15.1. The molecule has 0 aliphatic carbocycles. The standard InChI is InChI=1S/C19H30N6O7/c20-14(26)6-5-11(19(31)32)23-16(28)12(9-15(21)27)24-17(29)13-4-2-8-25(13)18(30)10-3-1-7-22-10/h10-13,22H,1-9H2,(H2,20,26)(H2,21,27)(H,23,28)(H,24,29)(H,31,32). The molecule has 5 amide bonds. The van der Waals surface area contributed by atoms with Gasteiger partial charge in [0.25, 0.3) is 0 Å². The monoisotopic (exact) mass is 454 g/mol. The van der Waals surface area contributed by atoms with Crippen LogP contribution in [0.25, 0.3) is 0 Å². The third-order valence-electron chi connectivity index (χ3n) is 5.53. The molecule has 2 rings (SSSR count). The van der Waals surface area contributed by atoms with Gasteiger partial charge in [-0.15, -0.1) is 0 Å². The predicted molar refractivity (Wildman–Crippen MR) is 109 cm³/mol. The lowest BCUT2D eigenvalue weighted by molar-refractivity contribution is -0.143. The van der Waals surface area contributed by atoms with Crippen LogP contribution in [0.2, 0.25) is 0 Å². The van der Waals surface area contributed by atoms with Crippen molar-refractivity contribution in [3.05, 3.63) is 0 Å². The maximum absolute atomic E-state index is 12.9. The quantitative estimate of drug-likeness (QED) is 0.188. The second-order valence-electron chi connectivity index (χ2n) is 7.97. The number of nitrogens with two attached hydrogens (primary N) is 2. The van der Waals surface area contributed by atoms with Crippen molar-refractivity contribution in [3.8, 4) is 0 Å². The third kappa shape index (κ3) is 6.90. The Hall–Kier alpha value is -3.22. The smallest absolute Gasteiger partial charge is 0.326 e. The molecule has 2 heterocycles. The fraction of sp³-hybridized carbons (Fsp3) is 0.684. The number of rotatable bonds is 11. The molecule has 2 aliphatic heterocycles. The SMILES string of the molecule is NC(=O)CCC(NC(=O)C(CC(N)=O)NC(=O)C1CCCN1C(=O)C1CCCN1)C(=O)O. The van der Waals surface area contributed by atoms with Crippen LogP contribution in [0.1, 0.15) is 44.9 Å². The molecule has 13 nitrogen and oxygen atoms in total. The van der Waals surface area contributed by atoms with Crippen LogP contribution in [0.3, 0.4) is 0 Å². The van der Waals surface area contributed by atoms with E-state index in [4.69, 9.17) is 11.5 Å². The van der Waals surface area contributed by atoms with E-state index in [-0.39, 0.29) is 24.8 Å². The van der Waals surface area contributed by atoms with Crippen molar-refractivity contribution in [2.45, 2.75) is 69.1 Å². The number of nitrogens with zero attached hydrogens (tertiary/aromatic N) is 1. The van der Waals surface area contributed by atoms with E-state index in [1.165, 1.54) is 4.90 Å². The van der Waals surface area contributed by atoms with Crippen LogP contribution in [-0.2, 0) is 28.8 Å². The highest BCUT2D eigenvalue weighted by Crippen LogP contribution is 2.21. The van der Waals surface area contributed by atoms with E-state index in [0.29, 0.717) is 25.8 Å². The number of nitrogens with one attached hydrogen (secondary N) is 3. The minimum atomic E-state index is -1.44. The summed E-state index contributed by atoms with van der Waals surface area (Å²) in [5.74, 6) is -4.78. The molecule has 0 saturated carbocycles. The Morgan fingerprint density at radius 1 is 1.00 bits per heavy atom. The number of hydrogen-bond acceptors (Lipinski definition) is 7. The number of amides is 5. The van der Waals surface area contributed by atoms with Crippen molar-refractivity contribution in [1.82, 2.24) is 20.9 Å². The fourth-order valence-electron chi connectivity index (χ4n) is 3.89. The van der Waals surface area contributed by atoms with Crippen molar-refractivity contribution < 1.29 is 33.9 Å². The summed E-state index contributed by atoms with van der Waals surface area (Å²) in [7, 11) is 0. The molecule has 2 saturated heterocycles. The molecule has 32 heavy (non-hydrogen) atoms. The Labute approximate surface area is 184 Å². The van der Waals surface area contributed by atoms with Crippen LogP contribution in [0.15, 0.2) is 0 Å². The van der Waals surface area contributed by atoms with Crippen molar-refractivity contribution in [3.63, 3.8) is 0 Å². The average molecular weight is 454 g/mol. The largest absolute Gasteiger partial charge is 0.480 e. The number of carboxylic acids is 1. The Morgan fingerprint density at radius 3 is 2.28 bits per heavy atom. The third-order valence-corrected chi connectivity index (χ3v) is 5.53. The summed E-state index contributed by atoms with van der Waals surface area (Å²) in [5, 5.41) is 17.0. The molecule has 0 aromatic rings. The molecule has 4 unspecified atom stereocenters. The topological polar surface area (TPSA) is 214 Å². The molecule has 0 radical (unpaired) electrons. The van der Waals surface area contributed by atoms with Gasteiger partial charge in [0.2, 0.25) is 29.5 Å². The van der Waals surface area contributed by atoms with E-state index in [0.717, 1.165) is 13.0 Å². The minimum Gasteiger partial charge on any atom is -0.480 e. The van der Waals surface area contributed by atoms with Crippen LogP contribution >= 0.6 is 0 Å². The van der Waals surface area contributed by atoms with Gasteiger partial charge in [0.1, 0.15) is 18.1 Å². The molecule has 0 aromatic carbocycles. The first-order valence-electron chi connectivity index (χ1n) is 10.5. The number of hydrogen-bond donors (Lipinski definition) is 6. The average Bonchev–Trinajstić information content (AvgIpc) is 3.41. The molecule has 0 bridgehead atoms. The zero-order valence-corrected chi connectivity index (χ0v) is 17.7. The van der Waals surface area contributed by atoms with E-state index < -0.39 is 54.1 Å². The molecular formula is C19H30N6O7. The van der Waals surface area contributed by atoms with Gasteiger partial charge in [-0.25, -0.2) is 4.79 Å². The number of carbonyl (C=O) groups is 6. The van der Waals surface area contributed by atoms with Crippen molar-refractivity contribution in [2.75, 3.05) is 13.1 Å². The summed E-state index contributed by atoms with van der Waals surface area (Å²) in [5.41, 5.74) is 10.2.